The Bertz CT molecular complexity index is 766. The monoisotopic (exact) mass is 486 g/mol. The molecule has 0 amide bonds. The number of hydrogen-bond donors (Lipinski definition) is 0. The fourth-order valence-electron chi connectivity index (χ4n) is 4.28. The predicted octanol–water partition coefficient (Wildman–Crippen LogP) is 4.09. The van der Waals surface area contributed by atoms with Gasteiger partial charge in [0.25, 0.3) is 0 Å². The molecule has 0 aromatic rings. The molecule has 3 rings (SSSR count). The highest BCUT2D eigenvalue weighted by atomic mass is 79.9. The van der Waals surface area contributed by atoms with Gasteiger partial charge in [-0.1, -0.05) is 64.8 Å². The molecule has 1 aliphatic carbocycles. The van der Waals surface area contributed by atoms with Gasteiger partial charge in [-0.25, -0.2) is 0 Å². The van der Waals surface area contributed by atoms with Crippen molar-refractivity contribution in [2.24, 2.45) is 11.3 Å². The molecular weight excluding hydrogens is 464 g/mol. The minimum absolute atomic E-state index is 0.0792. The van der Waals surface area contributed by atoms with E-state index in [9.17, 15) is 14.4 Å². The largest absolute Gasteiger partial charge is 0.354 e. The topological polar surface area (TPSA) is 60.4 Å². The smallest absolute Gasteiger partial charge is 0.193 e. The number of halogens is 2. The van der Waals surface area contributed by atoms with E-state index in [1.807, 2.05) is 26.8 Å². The van der Waals surface area contributed by atoms with Crippen LogP contribution in [-0.4, -0.2) is 38.2 Å². The molecule has 26 heavy (non-hydrogen) atoms. The lowest BCUT2D eigenvalue weighted by Gasteiger charge is -2.49. The first-order chi connectivity index (χ1) is 11.8. The van der Waals surface area contributed by atoms with Gasteiger partial charge in [0, 0.05) is 6.42 Å². The van der Waals surface area contributed by atoms with Crippen molar-refractivity contribution in [3.63, 3.8) is 0 Å². The molecule has 4 nitrogen and oxygen atoms in total. The molecule has 0 N–H and O–H groups in total. The summed E-state index contributed by atoms with van der Waals surface area (Å²) < 4.78 is 5.17. The lowest BCUT2D eigenvalue weighted by molar-refractivity contribution is -0.188. The molecule has 0 saturated carbocycles. The average molecular weight is 488 g/mol. The van der Waals surface area contributed by atoms with E-state index in [0.717, 1.165) is 5.57 Å². The minimum Gasteiger partial charge on any atom is -0.354 e. The Kier molecular flexibility index (Phi) is 4.81. The first-order valence-electron chi connectivity index (χ1n) is 8.87. The van der Waals surface area contributed by atoms with Crippen LogP contribution in [-0.2, 0) is 19.1 Å². The zero-order chi connectivity index (χ0) is 19.7. The third-order valence-corrected chi connectivity index (χ3v) is 7.91. The zero-order valence-electron chi connectivity index (χ0n) is 15.7. The number of Topliss-reactive ketones (excluding diaryl/α,β-unsaturated/α-hetero) is 3. The summed E-state index contributed by atoms with van der Waals surface area (Å²) in [5.74, 6) is -0.425. The first kappa shape index (κ1) is 20.2. The van der Waals surface area contributed by atoms with Crippen LogP contribution in [0.5, 0.6) is 0 Å². The van der Waals surface area contributed by atoms with Crippen LogP contribution in [0.2, 0.25) is 0 Å². The van der Waals surface area contributed by atoms with E-state index in [-0.39, 0.29) is 29.7 Å². The van der Waals surface area contributed by atoms with E-state index in [2.05, 4.69) is 31.9 Å². The molecule has 0 aromatic carbocycles. The number of allylic oxidation sites excluding steroid dienone is 4. The highest BCUT2D eigenvalue weighted by molar-refractivity contribution is 9.10. The summed E-state index contributed by atoms with van der Waals surface area (Å²) in [6.07, 6.45) is 3.93. The maximum absolute atomic E-state index is 13.6. The van der Waals surface area contributed by atoms with Gasteiger partial charge >= 0.3 is 0 Å². The van der Waals surface area contributed by atoms with E-state index in [0.29, 0.717) is 12.0 Å². The van der Waals surface area contributed by atoms with E-state index < -0.39 is 26.3 Å². The van der Waals surface area contributed by atoms with Crippen LogP contribution >= 0.6 is 31.9 Å². The van der Waals surface area contributed by atoms with E-state index in [1.165, 1.54) is 0 Å². The van der Waals surface area contributed by atoms with Crippen LogP contribution in [0.4, 0.5) is 0 Å². The molecule has 2 heterocycles. The fraction of sp³-hybridized carbons (Fsp3) is 0.650. The lowest BCUT2D eigenvalue weighted by atomic mass is 9.69. The molecule has 5 atom stereocenters. The molecule has 1 unspecified atom stereocenters. The number of ether oxygens (including phenoxy) is 1. The Balaban J connectivity index is 2.24. The third-order valence-electron chi connectivity index (χ3n) is 5.88. The molecule has 2 aliphatic heterocycles. The molecule has 1 saturated heterocycles. The molecule has 1 fully saturated rings. The second-order valence-electron chi connectivity index (χ2n) is 8.69. The Labute approximate surface area is 171 Å². The number of rotatable bonds is 0. The molecule has 2 bridgehead atoms. The number of hydrogen-bond acceptors (Lipinski definition) is 4. The van der Waals surface area contributed by atoms with Gasteiger partial charge in [0.1, 0.15) is 9.15 Å². The summed E-state index contributed by atoms with van der Waals surface area (Å²) >= 11 is 7.13. The quantitative estimate of drug-likeness (QED) is 0.381. The van der Waals surface area contributed by atoms with Gasteiger partial charge in [0.15, 0.2) is 23.0 Å². The van der Waals surface area contributed by atoms with Gasteiger partial charge in [-0.05, 0) is 42.7 Å². The van der Waals surface area contributed by atoms with Gasteiger partial charge in [-0.2, -0.15) is 0 Å². The van der Waals surface area contributed by atoms with Gasteiger partial charge in [-0.15, -0.1) is 0 Å². The Hall–Kier alpha value is -0.590. The Morgan fingerprint density at radius 1 is 1.19 bits per heavy atom. The minimum atomic E-state index is -1.57. The summed E-state index contributed by atoms with van der Waals surface area (Å²) in [4.78, 5) is 38.9. The van der Waals surface area contributed by atoms with Crippen LogP contribution in [0.25, 0.3) is 0 Å². The summed E-state index contributed by atoms with van der Waals surface area (Å²) in [6.45, 7) is 9.15. The highest BCUT2D eigenvalue weighted by Gasteiger charge is 2.61. The number of carbonyl (C=O) groups excluding carboxylic acids is 3. The molecule has 6 heteroatoms. The number of alkyl halides is 2. The second-order valence-corrected chi connectivity index (χ2v) is 11.0. The maximum Gasteiger partial charge on any atom is 0.193 e. The lowest BCUT2D eigenvalue weighted by Crippen LogP contribution is -2.64. The van der Waals surface area contributed by atoms with Crippen molar-refractivity contribution in [3.8, 4) is 0 Å². The maximum atomic E-state index is 13.6. The van der Waals surface area contributed by atoms with Crippen LogP contribution in [0.1, 0.15) is 47.5 Å². The third kappa shape index (κ3) is 2.83. The standard InChI is InChI=1S/C20H24Br2O4/c1-10-6-12-7-11(2)15(24)14(21)16-18(3,4)9-13(23)19(5,26-16)17(25)20(12,22)8-10/h6-7,10,14,16H,8-9H2,1-5H3/b11-7-/t10-,14-,16-,19-,20?/m0/s1. The highest BCUT2D eigenvalue weighted by Crippen LogP contribution is 2.50. The molecule has 3 aliphatic rings. The molecule has 0 spiro atoms. The molecular formula is C20H24Br2O4. The molecule has 142 valence electrons. The van der Waals surface area contributed by atoms with Crippen molar-refractivity contribution in [1.29, 1.82) is 0 Å². The van der Waals surface area contributed by atoms with Crippen molar-refractivity contribution in [1.82, 2.24) is 0 Å². The van der Waals surface area contributed by atoms with Gasteiger partial charge in [0.05, 0.1) is 6.10 Å². The zero-order valence-corrected chi connectivity index (χ0v) is 18.9. The normalized spacial score (nSPS) is 44.9. The predicted molar refractivity (Wildman–Crippen MR) is 107 cm³/mol. The van der Waals surface area contributed by atoms with Crippen molar-refractivity contribution in [3.05, 3.63) is 23.3 Å². The van der Waals surface area contributed by atoms with Gasteiger partial charge in [0.2, 0.25) is 0 Å². The van der Waals surface area contributed by atoms with Crippen molar-refractivity contribution < 1.29 is 19.1 Å². The second kappa shape index (κ2) is 6.21. The van der Waals surface area contributed by atoms with E-state index in [4.69, 9.17) is 4.74 Å². The average Bonchev–Trinajstić information content (AvgIpc) is 2.82. The summed E-state index contributed by atoms with van der Waals surface area (Å²) in [7, 11) is 0. The van der Waals surface area contributed by atoms with Crippen LogP contribution in [0.15, 0.2) is 23.3 Å². The first-order valence-corrected chi connectivity index (χ1v) is 10.6. The van der Waals surface area contributed by atoms with Crippen LogP contribution in [0.3, 0.4) is 0 Å². The van der Waals surface area contributed by atoms with Crippen LogP contribution < -0.4 is 0 Å². The van der Waals surface area contributed by atoms with Crippen molar-refractivity contribution >= 4 is 49.2 Å². The number of carbonyl (C=O) groups is 3. The fourth-order valence-corrected chi connectivity index (χ4v) is 6.60. The number of fused-ring (bicyclic) bond motifs is 3. The summed E-state index contributed by atoms with van der Waals surface area (Å²) in [5.41, 5.74) is -0.815. The SMILES string of the molecule is C/C1=C/C2=C[C@H](C)CC2(Br)C(=O)[C@@]2(C)O[C@@H]([C@@H](Br)C1=O)C(C)(C)CC2=O. The molecule has 0 aromatic heterocycles. The Morgan fingerprint density at radius 2 is 1.81 bits per heavy atom. The van der Waals surface area contributed by atoms with Crippen molar-refractivity contribution in [2.45, 2.75) is 68.3 Å². The summed E-state index contributed by atoms with van der Waals surface area (Å²) in [6, 6.07) is 0. The summed E-state index contributed by atoms with van der Waals surface area (Å²) in [5, 5.41) is 0. The van der Waals surface area contributed by atoms with Crippen LogP contribution in [0, 0.1) is 11.3 Å². The number of ketones is 3. The Morgan fingerprint density at radius 3 is 2.42 bits per heavy atom. The van der Waals surface area contributed by atoms with E-state index in [1.54, 1.807) is 19.9 Å². The molecule has 0 radical (unpaired) electrons. The van der Waals surface area contributed by atoms with Crippen molar-refractivity contribution in [2.75, 3.05) is 0 Å². The van der Waals surface area contributed by atoms with Gasteiger partial charge < -0.3 is 4.74 Å². The van der Waals surface area contributed by atoms with Gasteiger partial charge in [-0.3, -0.25) is 14.4 Å². The van der Waals surface area contributed by atoms with E-state index >= 15 is 0 Å².